The zero-order chi connectivity index (χ0) is 17.3. The molecule has 2 heterocycles. The van der Waals surface area contributed by atoms with E-state index in [0.29, 0.717) is 5.11 Å². The molecule has 1 aliphatic rings. The van der Waals surface area contributed by atoms with Gasteiger partial charge in [0.05, 0.1) is 6.04 Å². The van der Waals surface area contributed by atoms with E-state index in [2.05, 4.69) is 45.5 Å². The van der Waals surface area contributed by atoms with Crippen molar-refractivity contribution in [1.82, 2.24) is 9.47 Å². The summed E-state index contributed by atoms with van der Waals surface area (Å²) in [7, 11) is 0. The summed E-state index contributed by atoms with van der Waals surface area (Å²) in [4.78, 5) is 2.13. The van der Waals surface area contributed by atoms with Crippen LogP contribution in [0.15, 0.2) is 36.4 Å². The molecule has 24 heavy (non-hydrogen) atoms. The van der Waals surface area contributed by atoms with Crippen LogP contribution >= 0.6 is 12.2 Å². The number of rotatable bonds is 3. The van der Waals surface area contributed by atoms with Crippen LogP contribution in [-0.2, 0) is 6.54 Å². The number of thiocarbonyl (C=S) groups is 1. The Balaban J connectivity index is 1.67. The second-order valence-corrected chi connectivity index (χ2v) is 6.14. The van der Waals surface area contributed by atoms with E-state index >= 15 is 0 Å². The molecule has 3 rings (SSSR count). The molecule has 0 fully saturated rings. The lowest BCUT2D eigenvalue weighted by Gasteiger charge is -2.37. The maximum atomic E-state index is 12.2. The Morgan fingerprint density at radius 1 is 1.21 bits per heavy atom. The molecule has 0 amide bonds. The average molecular weight is 351 g/mol. The number of ether oxygens (including phenoxy) is 1. The normalized spacial score (nSPS) is 16.9. The second kappa shape index (κ2) is 6.76. The number of nitrogens with one attached hydrogen (secondary N) is 1. The van der Waals surface area contributed by atoms with E-state index in [4.69, 9.17) is 12.2 Å². The number of benzene rings is 1. The molecule has 0 saturated heterocycles. The highest BCUT2D eigenvalue weighted by Crippen LogP contribution is 2.28. The van der Waals surface area contributed by atoms with Crippen LogP contribution in [0.2, 0.25) is 0 Å². The highest BCUT2D eigenvalue weighted by molar-refractivity contribution is 7.80. The van der Waals surface area contributed by atoms with Gasteiger partial charge in [0, 0.05) is 30.2 Å². The number of hydrogen-bond donors (Lipinski definition) is 1. The van der Waals surface area contributed by atoms with Crippen LogP contribution in [0.5, 0.6) is 5.75 Å². The van der Waals surface area contributed by atoms with Crippen LogP contribution in [0.3, 0.4) is 0 Å². The fourth-order valence-electron chi connectivity index (χ4n) is 3.01. The maximum Gasteiger partial charge on any atom is 0.387 e. The van der Waals surface area contributed by atoms with Gasteiger partial charge in [0.1, 0.15) is 5.75 Å². The van der Waals surface area contributed by atoms with Gasteiger partial charge < -0.3 is 19.5 Å². The third kappa shape index (κ3) is 3.36. The van der Waals surface area contributed by atoms with Crippen LogP contribution in [0.25, 0.3) is 0 Å². The summed E-state index contributed by atoms with van der Waals surface area (Å²) >= 11 is 5.53. The van der Waals surface area contributed by atoms with Crippen molar-refractivity contribution in [2.75, 3.05) is 11.9 Å². The minimum atomic E-state index is -2.82. The minimum Gasteiger partial charge on any atom is -0.435 e. The molecule has 1 aliphatic heterocycles. The SMILES string of the molecule is Cc1ccc2n1CCN(C(=S)Nc1ccc(OC(F)F)cc1)[C@H]2C. The van der Waals surface area contributed by atoms with Gasteiger partial charge in [0.2, 0.25) is 0 Å². The molecule has 1 aromatic carbocycles. The predicted octanol–water partition coefficient (Wildman–Crippen LogP) is 4.17. The van der Waals surface area contributed by atoms with Crippen LogP contribution in [0.1, 0.15) is 24.4 Å². The van der Waals surface area contributed by atoms with E-state index in [1.807, 2.05) is 0 Å². The number of halogens is 2. The summed E-state index contributed by atoms with van der Waals surface area (Å²) in [5, 5.41) is 3.79. The fourth-order valence-corrected chi connectivity index (χ4v) is 3.38. The third-order valence-electron chi connectivity index (χ3n) is 4.28. The van der Waals surface area contributed by atoms with Gasteiger partial charge in [-0.3, -0.25) is 0 Å². The molecule has 0 unspecified atom stereocenters. The molecular weight excluding hydrogens is 332 g/mol. The van der Waals surface area contributed by atoms with Crippen molar-refractivity contribution in [3.63, 3.8) is 0 Å². The smallest absolute Gasteiger partial charge is 0.387 e. The molecule has 1 N–H and O–H groups in total. The Kier molecular flexibility index (Phi) is 4.71. The first-order valence-electron chi connectivity index (χ1n) is 7.74. The Morgan fingerprint density at radius 3 is 2.58 bits per heavy atom. The Morgan fingerprint density at radius 2 is 1.92 bits per heavy atom. The average Bonchev–Trinajstić information content (AvgIpc) is 2.91. The number of fused-ring (bicyclic) bond motifs is 1. The topological polar surface area (TPSA) is 29.4 Å². The Labute approximate surface area is 145 Å². The van der Waals surface area contributed by atoms with Gasteiger partial charge in [0.25, 0.3) is 0 Å². The third-order valence-corrected chi connectivity index (χ3v) is 4.62. The zero-order valence-corrected chi connectivity index (χ0v) is 14.3. The van der Waals surface area contributed by atoms with E-state index in [-0.39, 0.29) is 11.8 Å². The molecule has 7 heteroatoms. The number of aromatic nitrogens is 1. The van der Waals surface area contributed by atoms with Crippen molar-refractivity contribution < 1.29 is 13.5 Å². The van der Waals surface area contributed by atoms with E-state index < -0.39 is 6.61 Å². The van der Waals surface area contributed by atoms with Crippen molar-refractivity contribution in [1.29, 1.82) is 0 Å². The standard InChI is InChI=1S/C17H19F2N3OS/c1-11-3-8-15-12(2)22(10-9-21(11)15)17(24)20-13-4-6-14(7-5-13)23-16(18)19/h3-8,12,16H,9-10H2,1-2H3,(H,20,24)/t12-/m0/s1. The van der Waals surface area contributed by atoms with E-state index in [0.717, 1.165) is 18.8 Å². The summed E-state index contributed by atoms with van der Waals surface area (Å²) in [6.45, 7) is 3.12. The van der Waals surface area contributed by atoms with Crippen molar-refractivity contribution in [3.05, 3.63) is 47.8 Å². The Hall–Kier alpha value is -2.15. The van der Waals surface area contributed by atoms with Gasteiger partial charge in [-0.15, -0.1) is 0 Å². The number of aryl methyl sites for hydroxylation is 1. The largest absolute Gasteiger partial charge is 0.435 e. The molecule has 0 radical (unpaired) electrons. The van der Waals surface area contributed by atoms with E-state index in [1.54, 1.807) is 12.1 Å². The lowest BCUT2D eigenvalue weighted by molar-refractivity contribution is -0.0498. The van der Waals surface area contributed by atoms with Crippen molar-refractivity contribution in [2.45, 2.75) is 33.0 Å². The summed E-state index contributed by atoms with van der Waals surface area (Å²) in [5.74, 6) is 0.126. The molecule has 0 aliphatic carbocycles. The molecule has 2 aromatic rings. The lowest BCUT2D eigenvalue weighted by atomic mass is 10.1. The first-order valence-corrected chi connectivity index (χ1v) is 8.15. The summed E-state index contributed by atoms with van der Waals surface area (Å²) in [5.41, 5.74) is 3.24. The van der Waals surface area contributed by atoms with Gasteiger partial charge in [-0.2, -0.15) is 8.78 Å². The van der Waals surface area contributed by atoms with Crippen LogP contribution in [0.4, 0.5) is 14.5 Å². The van der Waals surface area contributed by atoms with Crippen molar-refractivity contribution >= 4 is 23.0 Å². The molecule has 4 nitrogen and oxygen atoms in total. The molecule has 0 saturated carbocycles. The van der Waals surface area contributed by atoms with Gasteiger partial charge in [-0.1, -0.05) is 0 Å². The van der Waals surface area contributed by atoms with E-state index in [1.165, 1.54) is 23.5 Å². The monoisotopic (exact) mass is 351 g/mol. The van der Waals surface area contributed by atoms with E-state index in [9.17, 15) is 8.78 Å². The zero-order valence-electron chi connectivity index (χ0n) is 13.5. The highest BCUT2D eigenvalue weighted by Gasteiger charge is 2.26. The first kappa shape index (κ1) is 16.7. The summed E-state index contributed by atoms with van der Waals surface area (Å²) < 4.78 is 31.0. The number of nitrogens with zero attached hydrogens (tertiary/aromatic N) is 2. The van der Waals surface area contributed by atoms with Gasteiger partial charge in [0.15, 0.2) is 5.11 Å². The molecular formula is C17H19F2N3OS. The van der Waals surface area contributed by atoms with Gasteiger partial charge in [-0.25, -0.2) is 0 Å². The van der Waals surface area contributed by atoms with Crippen LogP contribution in [0, 0.1) is 6.92 Å². The maximum absolute atomic E-state index is 12.2. The predicted molar refractivity (Wildman–Crippen MR) is 93.6 cm³/mol. The molecule has 1 aromatic heterocycles. The number of anilines is 1. The minimum absolute atomic E-state index is 0.126. The van der Waals surface area contributed by atoms with Gasteiger partial charge in [-0.05, 0) is 62.5 Å². The number of hydrogen-bond acceptors (Lipinski definition) is 2. The highest BCUT2D eigenvalue weighted by atomic mass is 32.1. The molecule has 1 atom stereocenters. The molecule has 0 spiro atoms. The van der Waals surface area contributed by atoms with Gasteiger partial charge >= 0.3 is 6.61 Å². The summed E-state index contributed by atoms with van der Waals surface area (Å²) in [6, 6.07) is 10.8. The first-order chi connectivity index (χ1) is 11.5. The quantitative estimate of drug-likeness (QED) is 0.841. The second-order valence-electron chi connectivity index (χ2n) is 5.75. The van der Waals surface area contributed by atoms with Crippen LogP contribution < -0.4 is 10.1 Å². The van der Waals surface area contributed by atoms with Crippen molar-refractivity contribution in [2.24, 2.45) is 0 Å². The fraction of sp³-hybridized carbons (Fsp3) is 0.353. The molecule has 128 valence electrons. The molecule has 0 bridgehead atoms. The lowest BCUT2D eigenvalue weighted by Crippen LogP contribution is -2.43. The van der Waals surface area contributed by atoms with Crippen LogP contribution in [-0.4, -0.2) is 27.7 Å². The summed E-state index contributed by atoms with van der Waals surface area (Å²) in [6.07, 6.45) is 0. The van der Waals surface area contributed by atoms with Crippen molar-refractivity contribution in [3.8, 4) is 5.75 Å². The Bertz CT molecular complexity index is 730. The number of alkyl halides is 2.